The molecule has 0 aliphatic rings. The molecule has 0 aromatic carbocycles. The molecule has 2 nitrogen and oxygen atoms in total. The molecule has 1 atom stereocenters. The summed E-state index contributed by atoms with van der Waals surface area (Å²) in [4.78, 5) is 8.13. The quantitative estimate of drug-likeness (QED) is 0.616. The summed E-state index contributed by atoms with van der Waals surface area (Å²) in [5.41, 5.74) is 0. The molecule has 1 aromatic heterocycles. The molecule has 1 unspecified atom stereocenters. The van der Waals surface area contributed by atoms with Gasteiger partial charge in [0.15, 0.2) is 0 Å². The number of halogens is 1. The summed E-state index contributed by atoms with van der Waals surface area (Å²) >= 11 is 5.21. The fourth-order valence-corrected chi connectivity index (χ4v) is 2.10. The molecule has 13 heavy (non-hydrogen) atoms. The first kappa shape index (κ1) is 11.0. The second kappa shape index (κ2) is 4.96. The van der Waals surface area contributed by atoms with Crippen LogP contribution in [0, 0.1) is 5.92 Å². The molecule has 0 amide bonds. The smallest absolute Gasteiger partial charge is 0.116 e. The lowest BCUT2D eigenvalue weighted by Gasteiger charge is -2.14. The van der Waals surface area contributed by atoms with Crippen LogP contribution in [-0.2, 0) is 0 Å². The van der Waals surface area contributed by atoms with E-state index in [-0.39, 0.29) is 0 Å². The summed E-state index contributed by atoms with van der Waals surface area (Å²) in [6.07, 6.45) is 3.36. The van der Waals surface area contributed by atoms with E-state index in [1.807, 2.05) is 0 Å². The molecule has 0 radical (unpaired) electrons. The first-order valence-electron chi connectivity index (χ1n) is 4.23. The minimum atomic E-state index is 0.575. The molecule has 1 rings (SSSR count). The lowest BCUT2D eigenvalue weighted by Crippen LogP contribution is -2.05. The van der Waals surface area contributed by atoms with Crippen LogP contribution in [0.3, 0.4) is 0 Å². The van der Waals surface area contributed by atoms with E-state index in [4.69, 9.17) is 0 Å². The minimum absolute atomic E-state index is 0.575. The van der Waals surface area contributed by atoms with E-state index in [1.54, 1.807) is 24.3 Å². The Hall–Kier alpha value is -0.0900. The van der Waals surface area contributed by atoms with Gasteiger partial charge in [-0.15, -0.1) is 11.8 Å². The number of rotatable bonds is 3. The van der Waals surface area contributed by atoms with Crippen molar-refractivity contribution in [1.82, 2.24) is 9.97 Å². The van der Waals surface area contributed by atoms with Crippen LogP contribution in [0.2, 0.25) is 0 Å². The Morgan fingerprint density at radius 3 is 2.62 bits per heavy atom. The van der Waals surface area contributed by atoms with E-state index in [0.29, 0.717) is 11.2 Å². The third-order valence-corrected chi connectivity index (χ3v) is 4.18. The fraction of sp³-hybridized carbons (Fsp3) is 0.556. The Balaban J connectivity index is 2.69. The highest BCUT2D eigenvalue weighted by molar-refractivity contribution is 9.10. The number of hydrogen-bond acceptors (Lipinski definition) is 3. The molecule has 0 fully saturated rings. The van der Waals surface area contributed by atoms with Gasteiger partial charge in [0.1, 0.15) is 11.4 Å². The monoisotopic (exact) mass is 260 g/mol. The van der Waals surface area contributed by atoms with E-state index in [9.17, 15) is 0 Å². The molecule has 0 N–H and O–H groups in total. The van der Waals surface area contributed by atoms with Crippen LogP contribution in [0.15, 0.2) is 22.0 Å². The number of aromatic nitrogens is 2. The Kier molecular flexibility index (Phi) is 4.19. The maximum Gasteiger partial charge on any atom is 0.116 e. The topological polar surface area (TPSA) is 25.8 Å². The Morgan fingerprint density at radius 2 is 2.08 bits per heavy atom. The van der Waals surface area contributed by atoms with E-state index in [1.165, 1.54) is 0 Å². The van der Waals surface area contributed by atoms with Crippen molar-refractivity contribution in [3.05, 3.63) is 17.0 Å². The van der Waals surface area contributed by atoms with E-state index >= 15 is 0 Å². The summed E-state index contributed by atoms with van der Waals surface area (Å²) in [7, 11) is 0. The predicted octanol–water partition coefficient (Wildman–Crippen LogP) is 3.38. The molecule has 0 spiro atoms. The maximum absolute atomic E-state index is 4.21. The molecular formula is C9H13BrN2S. The summed E-state index contributed by atoms with van der Waals surface area (Å²) in [5, 5.41) is 1.60. The zero-order valence-corrected chi connectivity index (χ0v) is 10.4. The Labute approximate surface area is 91.7 Å². The van der Waals surface area contributed by atoms with E-state index in [0.717, 1.165) is 9.50 Å². The molecule has 0 bridgehead atoms. The van der Waals surface area contributed by atoms with Gasteiger partial charge in [-0.1, -0.05) is 20.8 Å². The highest BCUT2D eigenvalue weighted by atomic mass is 79.9. The number of nitrogens with zero attached hydrogens (tertiary/aromatic N) is 2. The molecule has 0 aliphatic carbocycles. The van der Waals surface area contributed by atoms with Gasteiger partial charge in [0, 0.05) is 11.4 Å². The molecule has 72 valence electrons. The van der Waals surface area contributed by atoms with Gasteiger partial charge in [0.2, 0.25) is 0 Å². The fourth-order valence-electron chi connectivity index (χ4n) is 0.700. The zero-order chi connectivity index (χ0) is 9.84. The van der Waals surface area contributed by atoms with Gasteiger partial charge in [-0.05, 0) is 21.8 Å². The third-order valence-electron chi connectivity index (χ3n) is 1.87. The van der Waals surface area contributed by atoms with Crippen molar-refractivity contribution >= 4 is 27.7 Å². The minimum Gasteiger partial charge on any atom is -0.244 e. The SMILES string of the molecule is CC(C)C(C)Sc1ncncc1Br. The van der Waals surface area contributed by atoms with Crippen molar-refractivity contribution in [1.29, 1.82) is 0 Å². The van der Waals surface area contributed by atoms with Gasteiger partial charge in [0.25, 0.3) is 0 Å². The zero-order valence-electron chi connectivity index (χ0n) is 7.99. The van der Waals surface area contributed by atoms with Gasteiger partial charge in [0.05, 0.1) is 4.47 Å². The molecule has 0 saturated carbocycles. The largest absolute Gasteiger partial charge is 0.244 e. The van der Waals surface area contributed by atoms with Crippen molar-refractivity contribution in [2.24, 2.45) is 5.92 Å². The van der Waals surface area contributed by atoms with Crippen LogP contribution < -0.4 is 0 Å². The standard InChI is InChI=1S/C9H13BrN2S/c1-6(2)7(3)13-9-8(10)4-11-5-12-9/h4-7H,1-3H3. The Morgan fingerprint density at radius 1 is 1.38 bits per heavy atom. The van der Waals surface area contributed by atoms with Gasteiger partial charge in [-0.2, -0.15) is 0 Å². The molecule has 0 saturated heterocycles. The van der Waals surface area contributed by atoms with Crippen molar-refractivity contribution in [2.75, 3.05) is 0 Å². The van der Waals surface area contributed by atoms with Crippen LogP contribution in [0.5, 0.6) is 0 Å². The van der Waals surface area contributed by atoms with Gasteiger partial charge in [-0.3, -0.25) is 0 Å². The van der Waals surface area contributed by atoms with Crippen LogP contribution in [0.1, 0.15) is 20.8 Å². The van der Waals surface area contributed by atoms with Crippen molar-refractivity contribution in [3.63, 3.8) is 0 Å². The van der Waals surface area contributed by atoms with Crippen LogP contribution in [0.4, 0.5) is 0 Å². The summed E-state index contributed by atoms with van der Waals surface area (Å²) in [6, 6.07) is 0. The second-order valence-electron chi connectivity index (χ2n) is 3.24. The van der Waals surface area contributed by atoms with Gasteiger partial charge in [-0.25, -0.2) is 9.97 Å². The number of hydrogen-bond donors (Lipinski definition) is 0. The highest BCUT2D eigenvalue weighted by Crippen LogP contribution is 2.30. The first-order valence-corrected chi connectivity index (χ1v) is 5.90. The second-order valence-corrected chi connectivity index (χ2v) is 5.46. The summed E-state index contributed by atoms with van der Waals surface area (Å²) in [5.74, 6) is 0.659. The third kappa shape index (κ3) is 3.27. The lowest BCUT2D eigenvalue weighted by molar-refractivity contribution is 0.641. The maximum atomic E-state index is 4.21. The highest BCUT2D eigenvalue weighted by Gasteiger charge is 2.11. The van der Waals surface area contributed by atoms with Crippen molar-refractivity contribution < 1.29 is 0 Å². The average molecular weight is 261 g/mol. The average Bonchev–Trinajstić information content (AvgIpc) is 2.08. The first-order chi connectivity index (χ1) is 6.11. The molecular weight excluding hydrogens is 248 g/mol. The van der Waals surface area contributed by atoms with Gasteiger partial charge < -0.3 is 0 Å². The normalized spacial score (nSPS) is 13.3. The molecule has 1 heterocycles. The lowest BCUT2D eigenvalue weighted by atomic mass is 10.2. The van der Waals surface area contributed by atoms with Crippen LogP contribution in [-0.4, -0.2) is 15.2 Å². The van der Waals surface area contributed by atoms with Crippen molar-refractivity contribution in [3.8, 4) is 0 Å². The van der Waals surface area contributed by atoms with Crippen molar-refractivity contribution in [2.45, 2.75) is 31.0 Å². The van der Waals surface area contributed by atoms with Crippen LogP contribution >= 0.6 is 27.7 Å². The van der Waals surface area contributed by atoms with Gasteiger partial charge >= 0.3 is 0 Å². The summed E-state index contributed by atoms with van der Waals surface area (Å²) in [6.45, 7) is 6.64. The Bertz CT molecular complexity index is 278. The number of thioether (sulfide) groups is 1. The summed E-state index contributed by atoms with van der Waals surface area (Å²) < 4.78 is 0.979. The molecule has 1 aromatic rings. The molecule has 4 heteroatoms. The molecule has 0 aliphatic heterocycles. The van der Waals surface area contributed by atoms with E-state index < -0.39 is 0 Å². The van der Waals surface area contributed by atoms with Crippen LogP contribution in [0.25, 0.3) is 0 Å². The predicted molar refractivity (Wildman–Crippen MR) is 59.9 cm³/mol. The van der Waals surface area contributed by atoms with E-state index in [2.05, 4.69) is 46.7 Å².